The summed E-state index contributed by atoms with van der Waals surface area (Å²) >= 11 is -2.20. The number of rotatable bonds is 7. The Morgan fingerprint density at radius 3 is 2.35 bits per heavy atom. The van der Waals surface area contributed by atoms with Crippen molar-refractivity contribution in [3.63, 3.8) is 0 Å². The summed E-state index contributed by atoms with van der Waals surface area (Å²) in [6, 6.07) is 42.9. The van der Waals surface area contributed by atoms with Crippen molar-refractivity contribution in [1.82, 2.24) is 19.5 Å². The molecule has 0 saturated carbocycles. The molecule has 0 N–H and O–H groups in total. The van der Waals surface area contributed by atoms with Crippen LogP contribution in [-0.2, 0) is 33.0 Å². The van der Waals surface area contributed by atoms with Crippen LogP contribution in [0.25, 0.3) is 55.7 Å². The number of para-hydroxylation sites is 2. The molecule has 7 heteroatoms. The van der Waals surface area contributed by atoms with Crippen LogP contribution < -0.4 is 4.40 Å². The molecule has 0 atom stereocenters. The maximum Gasteiger partial charge on any atom is 0 e. The van der Waals surface area contributed by atoms with Gasteiger partial charge in [-0.2, -0.15) is 0 Å². The van der Waals surface area contributed by atoms with E-state index in [9.17, 15) is 0 Å². The van der Waals surface area contributed by atoms with Crippen LogP contribution in [0.15, 0.2) is 120 Å². The second-order valence-electron chi connectivity index (χ2n) is 13.9. The predicted octanol–water partition coefficient (Wildman–Crippen LogP) is 10.4. The molecule has 8 rings (SSSR count). The third kappa shape index (κ3) is 7.94. The number of aromatic nitrogens is 4. The topological polar surface area (TPSA) is 56.7 Å². The fourth-order valence-electron chi connectivity index (χ4n) is 6.26. The molecular weight excluding hydrogens is 865 g/mol. The number of nitrogens with zero attached hydrogens (tertiary/aromatic N) is 4. The molecule has 0 amide bonds. The Balaban J connectivity index is 0.000000188. The Labute approximate surface area is 319 Å². The summed E-state index contributed by atoms with van der Waals surface area (Å²) in [4.78, 5) is 14.1. The summed E-state index contributed by atoms with van der Waals surface area (Å²) in [7, 11) is 0. The largest absolute Gasteiger partial charge is 0 e. The Morgan fingerprint density at radius 2 is 1.61 bits per heavy atom. The summed E-state index contributed by atoms with van der Waals surface area (Å²) in [5, 5.41) is 2.04. The normalized spacial score (nSPS) is 12.4. The van der Waals surface area contributed by atoms with Crippen LogP contribution >= 0.6 is 0 Å². The number of furan rings is 1. The third-order valence-corrected chi connectivity index (χ3v) is 12.9. The van der Waals surface area contributed by atoms with E-state index in [1.165, 1.54) is 5.56 Å². The van der Waals surface area contributed by atoms with E-state index >= 15 is 0 Å². The summed E-state index contributed by atoms with van der Waals surface area (Å²) in [5.41, 5.74) is 9.01. The van der Waals surface area contributed by atoms with Gasteiger partial charge in [-0.25, -0.2) is 4.98 Å². The molecule has 0 spiro atoms. The maximum absolute atomic E-state index is 8.56. The molecule has 8 aromatic rings. The van der Waals surface area contributed by atoms with Crippen LogP contribution in [0.1, 0.15) is 33.4 Å². The third-order valence-electron chi connectivity index (χ3n) is 8.64. The average Bonchev–Trinajstić information content (AvgIpc) is 3.69. The zero-order valence-corrected chi connectivity index (χ0v) is 34.3. The van der Waals surface area contributed by atoms with Gasteiger partial charge < -0.3 is 8.98 Å². The average molecular weight is 910 g/mol. The summed E-state index contributed by atoms with van der Waals surface area (Å²) in [5.74, 6) is 7.62. The van der Waals surface area contributed by atoms with Crippen LogP contribution in [0.5, 0.6) is 0 Å². The van der Waals surface area contributed by atoms with Crippen molar-refractivity contribution in [2.45, 2.75) is 51.0 Å². The predicted molar refractivity (Wildman–Crippen MR) is 209 cm³/mol. The van der Waals surface area contributed by atoms with Crippen molar-refractivity contribution in [3.8, 4) is 22.6 Å². The van der Waals surface area contributed by atoms with Gasteiger partial charge >= 0.3 is 128 Å². The van der Waals surface area contributed by atoms with Gasteiger partial charge in [0.15, 0.2) is 0 Å². The number of aryl methyl sites for hydroxylation is 1. The van der Waals surface area contributed by atoms with Gasteiger partial charge in [0.1, 0.15) is 0 Å². The molecule has 0 saturated heterocycles. The van der Waals surface area contributed by atoms with Gasteiger partial charge in [0.05, 0.1) is 22.4 Å². The number of hydrogen-bond acceptors (Lipinski definition) is 4. The van der Waals surface area contributed by atoms with Crippen LogP contribution in [0, 0.1) is 25.0 Å². The Hall–Kier alpha value is -4.36. The first kappa shape index (κ1) is 33.8. The van der Waals surface area contributed by atoms with E-state index in [-0.39, 0.29) is 26.0 Å². The molecule has 0 fully saturated rings. The fourth-order valence-corrected chi connectivity index (χ4v) is 9.20. The van der Waals surface area contributed by atoms with E-state index in [4.69, 9.17) is 12.1 Å². The van der Waals surface area contributed by atoms with Crippen LogP contribution in [0.3, 0.4) is 0 Å². The molecule has 0 aliphatic rings. The molecule has 0 bridgehead atoms. The molecule has 0 aliphatic carbocycles. The molecule has 0 aliphatic heterocycles. The molecular formula is C44H42GeIrN4O-2. The minimum atomic E-state index is -2.20. The van der Waals surface area contributed by atoms with E-state index in [0.29, 0.717) is 5.71 Å². The number of hydrogen-bond donors (Lipinski definition) is 0. The standard InChI is InChI=1S/C26H18N3O.C18H24GeN.Ir/c1-17-14-15-20-19-10-7-11-21(24(19)30-26(20)27-17)25-28-22-12-5-6-13-23(22)29(25)16-18-8-3-2-4-9-18;1-14(2)11-16-12-18(15-9-7-6-8-10-15)20-13-17(16)19(3,4)5;/h2-10,12-15H,16H2,1H3;6-9,12-14H,11H2,1-5H3;/q2*-1;/i;11D2;. The number of pyridine rings is 2. The number of fused-ring (bicyclic) bond motifs is 4. The molecule has 1 radical (unpaired) electrons. The first-order valence-electron chi connectivity index (χ1n) is 18.1. The van der Waals surface area contributed by atoms with E-state index in [0.717, 1.165) is 72.2 Å². The van der Waals surface area contributed by atoms with Crippen molar-refractivity contribution in [2.75, 3.05) is 0 Å². The van der Waals surface area contributed by atoms with Crippen molar-refractivity contribution in [3.05, 3.63) is 144 Å². The summed E-state index contributed by atoms with van der Waals surface area (Å²) in [6.45, 7) is 6.57. The van der Waals surface area contributed by atoms with Crippen molar-refractivity contribution in [2.24, 2.45) is 5.92 Å². The van der Waals surface area contributed by atoms with E-state index in [2.05, 4.69) is 80.3 Å². The number of benzene rings is 4. The second kappa shape index (κ2) is 15.5. The first-order valence-corrected chi connectivity index (χ1v) is 24.4. The van der Waals surface area contributed by atoms with E-state index in [1.54, 1.807) is 0 Å². The summed E-state index contributed by atoms with van der Waals surface area (Å²) < 4.78 is 26.7. The molecule has 0 unspecified atom stereocenters. The van der Waals surface area contributed by atoms with Crippen LogP contribution in [-0.4, -0.2) is 32.8 Å². The Kier molecular flexibility index (Phi) is 10.3. The smallest absolute Gasteiger partial charge is 0 e. The monoisotopic (exact) mass is 911 g/mol. The van der Waals surface area contributed by atoms with Crippen molar-refractivity contribution >= 4 is 50.8 Å². The molecule has 5 nitrogen and oxygen atoms in total. The van der Waals surface area contributed by atoms with Crippen molar-refractivity contribution in [1.29, 1.82) is 0 Å². The van der Waals surface area contributed by atoms with Gasteiger partial charge in [0.2, 0.25) is 5.71 Å². The number of imidazole rings is 1. The zero-order chi connectivity index (χ0) is 36.6. The minimum Gasteiger partial charge on any atom is 0 e. The van der Waals surface area contributed by atoms with E-state index in [1.807, 2.05) is 99.8 Å². The Bertz CT molecular complexity index is 2510. The zero-order valence-electron chi connectivity index (χ0n) is 31.8. The minimum absolute atomic E-state index is 0. The maximum atomic E-state index is 8.56. The van der Waals surface area contributed by atoms with Crippen LogP contribution in [0.4, 0.5) is 0 Å². The molecule has 259 valence electrons. The van der Waals surface area contributed by atoms with Gasteiger partial charge in [-0.3, -0.25) is 4.98 Å². The molecule has 4 aromatic heterocycles. The second-order valence-corrected chi connectivity index (χ2v) is 24.5. The van der Waals surface area contributed by atoms with E-state index < -0.39 is 19.6 Å². The Morgan fingerprint density at radius 1 is 0.843 bits per heavy atom. The fraction of sp³-hybridized carbons (Fsp3) is 0.205. The summed E-state index contributed by atoms with van der Waals surface area (Å²) in [6.07, 6.45) is 0.562. The first-order chi connectivity index (χ1) is 24.9. The molecule has 51 heavy (non-hydrogen) atoms. The van der Waals surface area contributed by atoms with Crippen LogP contribution in [0.2, 0.25) is 17.3 Å². The van der Waals surface area contributed by atoms with Gasteiger partial charge in [0.25, 0.3) is 0 Å². The molecule has 4 heterocycles. The SMILES string of the molecule is Cc1ccc2c(n1)oc1c(-c3nc4ccccc4n3Cc3ccccc3)[c-]ccc12.[2H]C([2H])(c1cc(-c2[c-]cccc2)nc[c]1[Ge]([CH3])([CH3])[CH3])C(C)C.[Ir]. The van der Waals surface area contributed by atoms with Gasteiger partial charge in [-0.05, 0) is 36.8 Å². The molecule has 4 aromatic carbocycles. The quantitative estimate of drug-likeness (QED) is 0.118. The van der Waals surface area contributed by atoms with Gasteiger partial charge in [-0.1, -0.05) is 53.4 Å². The van der Waals surface area contributed by atoms with Gasteiger partial charge in [-0.15, -0.1) is 18.2 Å². The van der Waals surface area contributed by atoms with Crippen molar-refractivity contribution < 1.29 is 27.3 Å². The van der Waals surface area contributed by atoms with Gasteiger partial charge in [0, 0.05) is 37.7 Å².